The summed E-state index contributed by atoms with van der Waals surface area (Å²) < 4.78 is 4.78. The van der Waals surface area contributed by atoms with Crippen LogP contribution in [0.4, 0.5) is 22.9 Å². The maximum Gasteiger partial charge on any atom is 0.337 e. The van der Waals surface area contributed by atoms with Crippen molar-refractivity contribution in [3.63, 3.8) is 0 Å². The van der Waals surface area contributed by atoms with Gasteiger partial charge in [-0.25, -0.2) is 14.8 Å². The maximum absolute atomic E-state index is 11.7. The molecule has 31 heavy (non-hydrogen) atoms. The Bertz CT molecular complexity index is 1070. The van der Waals surface area contributed by atoms with Gasteiger partial charge in [-0.2, -0.15) is 0 Å². The number of benzene rings is 2. The van der Waals surface area contributed by atoms with Crippen LogP contribution in [0.1, 0.15) is 15.9 Å². The number of nitrogen functional groups attached to an aromatic ring is 1. The molecule has 0 saturated heterocycles. The SMILES string of the molecule is CNCCNc1cc(C)c(-c2ccc(C(=O)OC)cc2)cc1Nc1ncnc(Cl)c1N. The van der Waals surface area contributed by atoms with E-state index in [1.165, 1.54) is 13.4 Å². The number of carbonyl (C=O) groups excluding carboxylic acids is 1. The predicted molar refractivity (Wildman–Crippen MR) is 125 cm³/mol. The molecule has 8 nitrogen and oxygen atoms in total. The summed E-state index contributed by atoms with van der Waals surface area (Å²) in [7, 11) is 3.26. The Kier molecular flexibility index (Phi) is 7.28. The van der Waals surface area contributed by atoms with Crippen LogP contribution in [0.25, 0.3) is 11.1 Å². The molecule has 0 bridgehead atoms. The van der Waals surface area contributed by atoms with Gasteiger partial charge in [-0.1, -0.05) is 23.7 Å². The molecular weight excluding hydrogens is 416 g/mol. The van der Waals surface area contributed by atoms with E-state index < -0.39 is 0 Å². The standard InChI is InChI=1S/C22H25ClN6O2/c1-13-10-17(26-9-8-25-2)18(29-21-19(24)20(23)27-12-28-21)11-16(13)14-4-6-15(7-5-14)22(30)31-3/h4-7,10-12,25-26H,8-9,24H2,1-3H3,(H,27,28,29). The summed E-state index contributed by atoms with van der Waals surface area (Å²) in [6.07, 6.45) is 1.36. The third-order valence-electron chi connectivity index (χ3n) is 4.76. The van der Waals surface area contributed by atoms with Gasteiger partial charge in [-0.05, 0) is 54.9 Å². The van der Waals surface area contributed by atoms with Crippen molar-refractivity contribution >= 4 is 40.5 Å². The van der Waals surface area contributed by atoms with Gasteiger partial charge in [-0.3, -0.25) is 0 Å². The van der Waals surface area contributed by atoms with Gasteiger partial charge in [0.15, 0.2) is 11.0 Å². The van der Waals surface area contributed by atoms with E-state index in [4.69, 9.17) is 22.1 Å². The number of hydrogen-bond donors (Lipinski definition) is 4. The van der Waals surface area contributed by atoms with Crippen LogP contribution < -0.4 is 21.7 Å². The maximum atomic E-state index is 11.7. The summed E-state index contributed by atoms with van der Waals surface area (Å²) in [5, 5.41) is 9.99. The predicted octanol–water partition coefficient (Wildman–Crippen LogP) is 3.85. The number of ether oxygens (including phenoxy) is 1. The number of halogens is 1. The second-order valence-electron chi connectivity index (χ2n) is 6.86. The molecule has 0 spiro atoms. The van der Waals surface area contributed by atoms with Gasteiger partial charge < -0.3 is 26.4 Å². The van der Waals surface area contributed by atoms with Crippen molar-refractivity contribution in [2.24, 2.45) is 0 Å². The molecule has 162 valence electrons. The molecule has 1 heterocycles. The number of aryl methyl sites for hydroxylation is 1. The molecule has 3 aromatic rings. The van der Waals surface area contributed by atoms with Gasteiger partial charge in [0.25, 0.3) is 0 Å². The van der Waals surface area contributed by atoms with Crippen molar-refractivity contribution in [1.29, 1.82) is 0 Å². The zero-order valence-corrected chi connectivity index (χ0v) is 18.4. The molecule has 0 unspecified atom stereocenters. The molecule has 1 aromatic heterocycles. The van der Waals surface area contributed by atoms with Crippen LogP contribution in [0, 0.1) is 6.92 Å². The third kappa shape index (κ3) is 5.22. The van der Waals surface area contributed by atoms with E-state index in [-0.39, 0.29) is 16.8 Å². The Hall–Kier alpha value is -3.36. The van der Waals surface area contributed by atoms with E-state index in [9.17, 15) is 4.79 Å². The van der Waals surface area contributed by atoms with Crippen LogP contribution in [0.3, 0.4) is 0 Å². The van der Waals surface area contributed by atoms with Crippen LogP contribution in [0.15, 0.2) is 42.7 Å². The summed E-state index contributed by atoms with van der Waals surface area (Å²) in [5.74, 6) is 0.0540. The summed E-state index contributed by atoms with van der Waals surface area (Å²) in [4.78, 5) is 19.8. The number of nitrogens with zero attached hydrogens (tertiary/aromatic N) is 2. The van der Waals surface area contributed by atoms with Gasteiger partial charge in [-0.15, -0.1) is 0 Å². The van der Waals surface area contributed by atoms with Gasteiger partial charge in [0, 0.05) is 13.1 Å². The first-order chi connectivity index (χ1) is 14.9. The zero-order chi connectivity index (χ0) is 22.4. The van der Waals surface area contributed by atoms with Crippen molar-refractivity contribution in [3.05, 3.63) is 59.0 Å². The van der Waals surface area contributed by atoms with Gasteiger partial charge >= 0.3 is 5.97 Å². The molecule has 2 aromatic carbocycles. The lowest BCUT2D eigenvalue weighted by molar-refractivity contribution is 0.0601. The van der Waals surface area contributed by atoms with E-state index in [0.29, 0.717) is 11.4 Å². The highest BCUT2D eigenvalue weighted by Crippen LogP contribution is 2.35. The van der Waals surface area contributed by atoms with E-state index in [0.717, 1.165) is 41.2 Å². The van der Waals surface area contributed by atoms with Crippen LogP contribution in [-0.2, 0) is 4.74 Å². The molecule has 0 fully saturated rings. The fourth-order valence-corrected chi connectivity index (χ4v) is 3.23. The topological polar surface area (TPSA) is 114 Å². The highest BCUT2D eigenvalue weighted by atomic mass is 35.5. The van der Waals surface area contributed by atoms with E-state index in [2.05, 4.69) is 32.0 Å². The molecule has 0 radical (unpaired) electrons. The molecular formula is C22H25ClN6O2. The second kappa shape index (κ2) is 10.1. The molecule has 0 aliphatic heterocycles. The summed E-state index contributed by atoms with van der Waals surface area (Å²) in [6, 6.07) is 11.3. The molecule has 0 aliphatic carbocycles. The van der Waals surface area contributed by atoms with Gasteiger partial charge in [0.2, 0.25) is 0 Å². The first-order valence-corrected chi connectivity index (χ1v) is 10.1. The summed E-state index contributed by atoms with van der Waals surface area (Å²) >= 11 is 6.05. The first-order valence-electron chi connectivity index (χ1n) is 9.69. The number of rotatable bonds is 8. The third-order valence-corrected chi connectivity index (χ3v) is 5.06. The van der Waals surface area contributed by atoms with E-state index in [1.807, 2.05) is 32.2 Å². The number of hydrogen-bond acceptors (Lipinski definition) is 8. The number of likely N-dealkylation sites (N-methyl/N-ethyl adjacent to an activating group) is 1. The van der Waals surface area contributed by atoms with Crippen molar-refractivity contribution < 1.29 is 9.53 Å². The Morgan fingerprint density at radius 3 is 2.55 bits per heavy atom. The monoisotopic (exact) mass is 440 g/mol. The van der Waals surface area contributed by atoms with E-state index >= 15 is 0 Å². The summed E-state index contributed by atoms with van der Waals surface area (Å²) in [6.45, 7) is 3.57. The van der Waals surface area contributed by atoms with Crippen molar-refractivity contribution in [2.75, 3.05) is 43.6 Å². The Morgan fingerprint density at radius 2 is 1.87 bits per heavy atom. The molecule has 0 aliphatic rings. The number of aromatic nitrogens is 2. The second-order valence-corrected chi connectivity index (χ2v) is 7.22. The van der Waals surface area contributed by atoms with Crippen LogP contribution in [0.2, 0.25) is 5.15 Å². The number of anilines is 4. The quantitative estimate of drug-likeness (QED) is 0.237. The van der Waals surface area contributed by atoms with Gasteiger partial charge in [0.05, 0.1) is 24.0 Å². The Morgan fingerprint density at radius 1 is 1.13 bits per heavy atom. The average molecular weight is 441 g/mol. The van der Waals surface area contributed by atoms with Crippen molar-refractivity contribution in [2.45, 2.75) is 6.92 Å². The largest absolute Gasteiger partial charge is 0.465 e. The minimum atomic E-state index is -0.370. The van der Waals surface area contributed by atoms with Crippen molar-refractivity contribution in [3.8, 4) is 11.1 Å². The minimum absolute atomic E-state index is 0.188. The highest BCUT2D eigenvalue weighted by Gasteiger charge is 2.14. The number of carbonyl (C=O) groups is 1. The van der Waals surface area contributed by atoms with Crippen LogP contribution in [0.5, 0.6) is 0 Å². The molecule has 0 amide bonds. The normalized spacial score (nSPS) is 10.6. The molecule has 3 rings (SSSR count). The van der Waals surface area contributed by atoms with E-state index in [1.54, 1.807) is 12.1 Å². The Labute approximate surface area is 186 Å². The number of nitrogens with two attached hydrogens (primary N) is 1. The molecule has 5 N–H and O–H groups in total. The van der Waals surface area contributed by atoms with Gasteiger partial charge in [0.1, 0.15) is 12.0 Å². The summed E-state index contributed by atoms with van der Waals surface area (Å²) in [5.41, 5.74) is 11.5. The lowest BCUT2D eigenvalue weighted by atomic mass is 9.97. The number of methoxy groups -OCH3 is 1. The van der Waals surface area contributed by atoms with Crippen molar-refractivity contribution in [1.82, 2.24) is 15.3 Å². The molecule has 0 saturated carbocycles. The first kappa shape index (κ1) is 22.3. The highest BCUT2D eigenvalue weighted by molar-refractivity contribution is 6.32. The zero-order valence-electron chi connectivity index (χ0n) is 17.6. The van der Waals surface area contributed by atoms with Crippen LogP contribution in [-0.4, -0.2) is 43.2 Å². The molecule has 9 heteroatoms. The lowest BCUT2D eigenvalue weighted by Crippen LogP contribution is -2.18. The fraction of sp³-hybridized carbons (Fsp3) is 0.227. The Balaban J connectivity index is 2.02. The fourth-order valence-electron chi connectivity index (χ4n) is 3.10. The smallest absolute Gasteiger partial charge is 0.337 e. The minimum Gasteiger partial charge on any atom is -0.465 e. The number of esters is 1. The number of nitrogens with one attached hydrogen (secondary N) is 3. The average Bonchev–Trinajstić information content (AvgIpc) is 2.78. The lowest BCUT2D eigenvalue weighted by Gasteiger charge is -2.18. The molecule has 0 atom stereocenters. The van der Waals surface area contributed by atoms with Crippen LogP contribution >= 0.6 is 11.6 Å².